The summed E-state index contributed by atoms with van der Waals surface area (Å²) < 4.78 is 51.4. The molecule has 1 atom stereocenters. The second-order valence-electron chi connectivity index (χ2n) is 8.27. The summed E-state index contributed by atoms with van der Waals surface area (Å²) in [6.45, 7) is 2.11. The first-order chi connectivity index (χ1) is 16.8. The maximum Gasteiger partial charge on any atom is 0.282 e. The molecule has 1 unspecified atom stereocenters. The zero-order valence-corrected chi connectivity index (χ0v) is 19.2. The Morgan fingerprint density at radius 3 is 2.49 bits per heavy atom. The molecule has 0 bridgehead atoms. The molecule has 11 heteroatoms. The fraction of sp³-hybridized carbons (Fsp3) is 0.417. The number of ether oxygens (including phenoxy) is 2. The monoisotopic (exact) mass is 487 g/mol. The fourth-order valence-corrected chi connectivity index (χ4v) is 4.15. The topological polar surface area (TPSA) is 93.3 Å². The molecule has 3 aromatic rings. The van der Waals surface area contributed by atoms with Crippen LogP contribution in [-0.4, -0.2) is 58.5 Å². The largest absolute Gasteiger partial charge is 0.497 e. The Balaban J connectivity index is 1.62. The maximum atomic E-state index is 13.6. The number of hydrogen-bond donors (Lipinski definition) is 0. The van der Waals surface area contributed by atoms with E-state index in [-0.39, 0.29) is 54.8 Å². The molecule has 0 radical (unpaired) electrons. The SMILES string of the molecule is COc1ccc(Cn2c(C)nc3cnc(OC4CCN(C(F)C(F)F)CC4)c(C#N)c3c2=O)cc1. The van der Waals surface area contributed by atoms with Crippen molar-refractivity contribution in [1.82, 2.24) is 19.4 Å². The average molecular weight is 487 g/mol. The normalized spacial score (nSPS) is 15.8. The molecule has 0 saturated carbocycles. The zero-order valence-electron chi connectivity index (χ0n) is 19.2. The molecular formula is C24H24F3N5O3. The molecule has 8 nitrogen and oxygen atoms in total. The standard InChI is InChI=1S/C24H24F3N5O3/c1-14-30-19-12-29-23(35-17-7-9-31(10-8-17)22(27)21(25)26)18(11-28)20(19)24(33)32(14)13-15-3-5-16(34-2)6-4-15/h3-6,12,17,21-22H,7-10,13H2,1-2H3. The van der Waals surface area contributed by atoms with E-state index in [0.717, 1.165) is 10.5 Å². The number of pyridine rings is 1. The van der Waals surface area contributed by atoms with Gasteiger partial charge >= 0.3 is 0 Å². The van der Waals surface area contributed by atoms with Crippen LogP contribution in [0.25, 0.3) is 10.9 Å². The van der Waals surface area contributed by atoms with Crippen molar-refractivity contribution in [3.05, 3.63) is 57.8 Å². The second-order valence-corrected chi connectivity index (χ2v) is 8.27. The van der Waals surface area contributed by atoms with Gasteiger partial charge in [0.05, 0.1) is 30.8 Å². The van der Waals surface area contributed by atoms with E-state index in [4.69, 9.17) is 9.47 Å². The summed E-state index contributed by atoms with van der Waals surface area (Å²) in [6, 6.07) is 9.26. The summed E-state index contributed by atoms with van der Waals surface area (Å²) in [7, 11) is 1.57. The summed E-state index contributed by atoms with van der Waals surface area (Å²) in [6.07, 6.45) is -3.90. The summed E-state index contributed by atoms with van der Waals surface area (Å²) in [5.74, 6) is 1.13. The van der Waals surface area contributed by atoms with E-state index in [1.165, 1.54) is 10.8 Å². The summed E-state index contributed by atoms with van der Waals surface area (Å²) in [4.78, 5) is 23.1. The Hall–Kier alpha value is -3.65. The number of halogens is 3. The number of methoxy groups -OCH3 is 1. The second kappa shape index (κ2) is 10.3. The van der Waals surface area contributed by atoms with E-state index in [1.807, 2.05) is 18.2 Å². The number of benzene rings is 1. The van der Waals surface area contributed by atoms with Crippen molar-refractivity contribution in [3.63, 3.8) is 0 Å². The Kier molecular flexibility index (Phi) is 7.21. The van der Waals surface area contributed by atoms with Gasteiger partial charge in [-0.25, -0.2) is 23.1 Å². The maximum absolute atomic E-state index is 13.6. The van der Waals surface area contributed by atoms with Gasteiger partial charge < -0.3 is 9.47 Å². The number of nitriles is 1. The molecule has 0 amide bonds. The number of aryl methyl sites for hydroxylation is 1. The first-order valence-electron chi connectivity index (χ1n) is 11.1. The lowest BCUT2D eigenvalue weighted by Gasteiger charge is -2.33. The molecule has 2 aromatic heterocycles. The van der Waals surface area contributed by atoms with Crippen LogP contribution in [-0.2, 0) is 6.54 Å². The molecule has 3 heterocycles. The number of nitrogens with zero attached hydrogens (tertiary/aromatic N) is 5. The van der Waals surface area contributed by atoms with Gasteiger partial charge in [0.2, 0.25) is 12.2 Å². The van der Waals surface area contributed by atoms with Crippen molar-refractivity contribution in [2.24, 2.45) is 0 Å². The van der Waals surface area contributed by atoms with Crippen LogP contribution in [0.3, 0.4) is 0 Å². The quantitative estimate of drug-likeness (QED) is 0.472. The van der Waals surface area contributed by atoms with Crippen LogP contribution >= 0.6 is 0 Å². The van der Waals surface area contributed by atoms with Crippen LogP contribution in [0.15, 0.2) is 35.3 Å². The Morgan fingerprint density at radius 2 is 1.89 bits per heavy atom. The van der Waals surface area contributed by atoms with Crippen molar-refractivity contribution in [2.45, 2.75) is 45.1 Å². The summed E-state index contributed by atoms with van der Waals surface area (Å²) in [5, 5.41) is 9.95. The average Bonchev–Trinajstić information content (AvgIpc) is 2.87. The van der Waals surface area contributed by atoms with Gasteiger partial charge in [0.1, 0.15) is 29.3 Å². The van der Waals surface area contributed by atoms with Gasteiger partial charge in [0, 0.05) is 13.1 Å². The van der Waals surface area contributed by atoms with Crippen molar-refractivity contribution in [2.75, 3.05) is 20.2 Å². The number of likely N-dealkylation sites (tertiary alicyclic amines) is 1. The van der Waals surface area contributed by atoms with E-state index in [2.05, 4.69) is 9.97 Å². The number of piperidine rings is 1. The van der Waals surface area contributed by atoms with E-state index in [0.29, 0.717) is 11.6 Å². The summed E-state index contributed by atoms with van der Waals surface area (Å²) >= 11 is 0. The van der Waals surface area contributed by atoms with E-state index >= 15 is 0 Å². The third-order valence-corrected chi connectivity index (χ3v) is 6.08. The van der Waals surface area contributed by atoms with Crippen molar-refractivity contribution in [3.8, 4) is 17.7 Å². The zero-order chi connectivity index (χ0) is 25.1. The lowest BCUT2D eigenvalue weighted by molar-refractivity contribution is -0.0668. The molecule has 0 spiro atoms. The smallest absolute Gasteiger partial charge is 0.282 e. The molecule has 0 aliphatic carbocycles. The van der Waals surface area contributed by atoms with Crippen molar-refractivity contribution in [1.29, 1.82) is 5.26 Å². The van der Waals surface area contributed by atoms with Crippen molar-refractivity contribution < 1.29 is 22.6 Å². The lowest BCUT2D eigenvalue weighted by Crippen LogP contribution is -2.45. The molecule has 1 aliphatic rings. The highest BCUT2D eigenvalue weighted by atomic mass is 19.3. The lowest BCUT2D eigenvalue weighted by atomic mass is 10.1. The van der Waals surface area contributed by atoms with Gasteiger partial charge in [-0.05, 0) is 37.5 Å². The van der Waals surface area contributed by atoms with Crippen LogP contribution in [0.1, 0.15) is 29.8 Å². The fourth-order valence-electron chi connectivity index (χ4n) is 4.15. The van der Waals surface area contributed by atoms with Gasteiger partial charge in [-0.3, -0.25) is 14.3 Å². The van der Waals surface area contributed by atoms with Gasteiger partial charge in [-0.1, -0.05) is 12.1 Å². The predicted molar refractivity (Wildman–Crippen MR) is 121 cm³/mol. The minimum absolute atomic E-state index is 0.0251. The van der Waals surface area contributed by atoms with Crippen LogP contribution in [0.4, 0.5) is 13.2 Å². The molecule has 1 fully saturated rings. The van der Waals surface area contributed by atoms with E-state index in [9.17, 15) is 23.2 Å². The molecule has 35 heavy (non-hydrogen) atoms. The number of fused-ring (bicyclic) bond motifs is 1. The molecule has 1 saturated heterocycles. The Bertz CT molecular complexity index is 1300. The van der Waals surface area contributed by atoms with Crippen molar-refractivity contribution >= 4 is 10.9 Å². The highest BCUT2D eigenvalue weighted by molar-refractivity contribution is 5.85. The molecule has 1 aliphatic heterocycles. The van der Waals surface area contributed by atoms with Gasteiger partial charge in [0.15, 0.2) is 0 Å². The highest BCUT2D eigenvalue weighted by Crippen LogP contribution is 2.26. The van der Waals surface area contributed by atoms with Crippen LogP contribution in [0.5, 0.6) is 11.6 Å². The van der Waals surface area contributed by atoms with Gasteiger partial charge in [-0.15, -0.1) is 0 Å². The third-order valence-electron chi connectivity index (χ3n) is 6.08. The van der Waals surface area contributed by atoms with Crippen LogP contribution in [0.2, 0.25) is 0 Å². The number of hydrogen-bond acceptors (Lipinski definition) is 7. The number of alkyl halides is 3. The number of aromatic nitrogens is 3. The van der Waals surface area contributed by atoms with Gasteiger partial charge in [-0.2, -0.15) is 5.26 Å². The number of rotatable bonds is 7. The molecular weight excluding hydrogens is 463 g/mol. The van der Waals surface area contributed by atoms with Crippen LogP contribution < -0.4 is 15.0 Å². The first-order valence-corrected chi connectivity index (χ1v) is 11.1. The third kappa shape index (κ3) is 5.07. The predicted octanol–water partition coefficient (Wildman–Crippen LogP) is 3.43. The molecule has 184 valence electrons. The minimum atomic E-state index is -3.07. The summed E-state index contributed by atoms with van der Waals surface area (Å²) in [5.41, 5.74) is 0.679. The highest BCUT2D eigenvalue weighted by Gasteiger charge is 2.32. The minimum Gasteiger partial charge on any atom is -0.497 e. The Labute approximate surface area is 199 Å². The molecule has 0 N–H and O–H groups in total. The van der Waals surface area contributed by atoms with E-state index < -0.39 is 24.4 Å². The molecule has 1 aromatic carbocycles. The molecule has 4 rings (SSSR count). The first kappa shape index (κ1) is 24.5. The van der Waals surface area contributed by atoms with E-state index in [1.54, 1.807) is 26.2 Å². The Morgan fingerprint density at radius 1 is 1.20 bits per heavy atom. The van der Waals surface area contributed by atoms with Gasteiger partial charge in [0.25, 0.3) is 12.0 Å². The van der Waals surface area contributed by atoms with Crippen LogP contribution in [0, 0.1) is 18.3 Å².